The molecule has 8 heteroatoms. The number of thiophene rings is 2. The normalized spacial score (nSPS) is 13.2. The standard InChI is InChI=1S/C16H16N2O4S2/c17-14(20)13-10-3-1-2-4-11(10)24-15(13)18-12(19)7-22-16(21)9-5-6-23-8-9/h5-6,8H,1-4,7H2,(H2,17,20)(H,18,19). The van der Waals surface area contributed by atoms with Gasteiger partial charge in [-0.05, 0) is 42.7 Å². The Morgan fingerprint density at radius 3 is 2.75 bits per heavy atom. The summed E-state index contributed by atoms with van der Waals surface area (Å²) in [5.41, 5.74) is 7.24. The minimum Gasteiger partial charge on any atom is -0.452 e. The second-order valence-corrected chi connectivity index (χ2v) is 7.30. The molecule has 2 aromatic heterocycles. The van der Waals surface area contributed by atoms with Crippen LogP contribution in [-0.2, 0) is 22.4 Å². The van der Waals surface area contributed by atoms with E-state index in [0.717, 1.165) is 36.1 Å². The van der Waals surface area contributed by atoms with Gasteiger partial charge in [0.25, 0.3) is 11.8 Å². The Morgan fingerprint density at radius 2 is 2.04 bits per heavy atom. The summed E-state index contributed by atoms with van der Waals surface area (Å²) in [7, 11) is 0. The molecule has 0 unspecified atom stereocenters. The van der Waals surface area contributed by atoms with E-state index in [-0.39, 0.29) is 0 Å². The van der Waals surface area contributed by atoms with Crippen LogP contribution in [0.5, 0.6) is 0 Å². The Labute approximate surface area is 146 Å². The van der Waals surface area contributed by atoms with Crippen LogP contribution in [0.2, 0.25) is 0 Å². The summed E-state index contributed by atoms with van der Waals surface area (Å²) in [5, 5.41) is 6.51. The van der Waals surface area contributed by atoms with Crippen molar-refractivity contribution in [2.45, 2.75) is 25.7 Å². The highest BCUT2D eigenvalue weighted by atomic mass is 32.1. The Bertz CT molecular complexity index is 780. The summed E-state index contributed by atoms with van der Waals surface area (Å²) in [6.45, 7) is -0.407. The van der Waals surface area contributed by atoms with Crippen LogP contribution in [0, 0.1) is 0 Å². The first-order valence-electron chi connectivity index (χ1n) is 7.49. The third-order valence-corrected chi connectivity index (χ3v) is 5.65. The molecule has 126 valence electrons. The molecule has 0 aromatic carbocycles. The van der Waals surface area contributed by atoms with Gasteiger partial charge in [0.1, 0.15) is 5.00 Å². The molecule has 0 radical (unpaired) electrons. The quantitative estimate of drug-likeness (QED) is 0.797. The summed E-state index contributed by atoms with van der Waals surface area (Å²) < 4.78 is 4.97. The largest absolute Gasteiger partial charge is 0.452 e. The molecule has 0 atom stereocenters. The molecule has 1 aliphatic rings. The van der Waals surface area contributed by atoms with Gasteiger partial charge in [-0.2, -0.15) is 11.3 Å². The van der Waals surface area contributed by atoms with Crippen molar-refractivity contribution in [3.8, 4) is 0 Å². The van der Waals surface area contributed by atoms with Crippen LogP contribution < -0.4 is 11.1 Å². The first-order chi connectivity index (χ1) is 11.6. The number of aryl methyl sites for hydroxylation is 1. The average molecular weight is 364 g/mol. The van der Waals surface area contributed by atoms with E-state index >= 15 is 0 Å². The van der Waals surface area contributed by atoms with E-state index in [2.05, 4.69) is 5.32 Å². The van der Waals surface area contributed by atoms with E-state index < -0.39 is 24.4 Å². The van der Waals surface area contributed by atoms with Crippen LogP contribution in [0.1, 0.15) is 44.0 Å². The first kappa shape index (κ1) is 16.7. The number of hydrogen-bond acceptors (Lipinski definition) is 6. The smallest absolute Gasteiger partial charge is 0.339 e. The molecule has 24 heavy (non-hydrogen) atoms. The number of ether oxygens (including phenoxy) is 1. The average Bonchev–Trinajstić information content (AvgIpc) is 3.19. The van der Waals surface area contributed by atoms with Gasteiger partial charge in [0, 0.05) is 10.3 Å². The number of esters is 1. The molecule has 1 aliphatic carbocycles. The van der Waals surface area contributed by atoms with Gasteiger partial charge in [0.15, 0.2) is 6.61 Å². The van der Waals surface area contributed by atoms with Crippen LogP contribution in [0.3, 0.4) is 0 Å². The number of carbonyl (C=O) groups is 3. The summed E-state index contributed by atoms with van der Waals surface area (Å²) in [5.74, 6) is -1.58. The fourth-order valence-electron chi connectivity index (χ4n) is 2.67. The highest BCUT2D eigenvalue weighted by Crippen LogP contribution is 2.37. The van der Waals surface area contributed by atoms with Crippen molar-refractivity contribution in [3.05, 3.63) is 38.4 Å². The van der Waals surface area contributed by atoms with Gasteiger partial charge in [0.05, 0.1) is 11.1 Å². The number of amides is 2. The molecular formula is C16H16N2O4S2. The van der Waals surface area contributed by atoms with Gasteiger partial charge in [0.2, 0.25) is 0 Å². The minimum absolute atomic E-state index is 0.396. The SMILES string of the molecule is NC(=O)c1c(NC(=O)COC(=O)c2ccsc2)sc2c1CCCC2. The second-order valence-electron chi connectivity index (χ2n) is 5.42. The number of hydrogen-bond donors (Lipinski definition) is 2. The van der Waals surface area contributed by atoms with Crippen molar-refractivity contribution in [2.24, 2.45) is 5.73 Å². The maximum Gasteiger partial charge on any atom is 0.339 e. The van der Waals surface area contributed by atoms with Gasteiger partial charge >= 0.3 is 5.97 Å². The molecule has 0 saturated carbocycles. The molecule has 3 N–H and O–H groups in total. The lowest BCUT2D eigenvalue weighted by atomic mass is 9.95. The zero-order valence-corrected chi connectivity index (χ0v) is 14.4. The van der Waals surface area contributed by atoms with Crippen molar-refractivity contribution in [1.82, 2.24) is 0 Å². The van der Waals surface area contributed by atoms with Gasteiger partial charge in [-0.1, -0.05) is 0 Å². The van der Waals surface area contributed by atoms with Gasteiger partial charge in [-0.15, -0.1) is 11.3 Å². The van der Waals surface area contributed by atoms with Crippen molar-refractivity contribution in [1.29, 1.82) is 0 Å². The number of nitrogens with one attached hydrogen (secondary N) is 1. The Balaban J connectivity index is 1.67. The van der Waals surface area contributed by atoms with Crippen LogP contribution in [0.4, 0.5) is 5.00 Å². The van der Waals surface area contributed by atoms with E-state index in [1.54, 1.807) is 16.8 Å². The highest BCUT2D eigenvalue weighted by Gasteiger charge is 2.25. The second kappa shape index (κ2) is 7.14. The molecule has 3 rings (SSSR count). The third-order valence-electron chi connectivity index (χ3n) is 3.76. The fourth-order valence-corrected chi connectivity index (χ4v) is 4.61. The predicted molar refractivity (Wildman–Crippen MR) is 92.7 cm³/mol. The summed E-state index contributed by atoms with van der Waals surface area (Å²) in [4.78, 5) is 36.6. The van der Waals surface area contributed by atoms with E-state index in [0.29, 0.717) is 16.1 Å². The lowest BCUT2D eigenvalue weighted by Gasteiger charge is -2.11. The van der Waals surface area contributed by atoms with Crippen molar-refractivity contribution in [2.75, 3.05) is 11.9 Å². The number of carbonyl (C=O) groups excluding carboxylic acids is 3. The summed E-state index contributed by atoms with van der Waals surface area (Å²) >= 11 is 2.75. The molecule has 0 spiro atoms. The molecule has 0 fully saturated rings. The number of anilines is 1. The van der Waals surface area contributed by atoms with Crippen molar-refractivity contribution >= 4 is 45.5 Å². The molecule has 0 saturated heterocycles. The molecule has 2 amide bonds. The van der Waals surface area contributed by atoms with Gasteiger partial charge in [-0.25, -0.2) is 4.79 Å². The summed E-state index contributed by atoms with van der Waals surface area (Å²) in [6, 6.07) is 1.63. The van der Waals surface area contributed by atoms with Gasteiger partial charge < -0.3 is 15.8 Å². The number of nitrogens with two attached hydrogens (primary N) is 1. The van der Waals surface area contributed by atoms with Crippen molar-refractivity contribution < 1.29 is 19.1 Å². The first-order valence-corrected chi connectivity index (χ1v) is 9.25. The maximum absolute atomic E-state index is 12.0. The maximum atomic E-state index is 12.0. The Hall–Kier alpha value is -2.19. The molecular weight excluding hydrogens is 348 g/mol. The molecule has 2 aromatic rings. The molecule has 0 aliphatic heterocycles. The monoisotopic (exact) mass is 364 g/mol. The third kappa shape index (κ3) is 3.49. The number of primary amides is 1. The Kier molecular flexibility index (Phi) is 4.96. The van der Waals surface area contributed by atoms with Crippen molar-refractivity contribution in [3.63, 3.8) is 0 Å². The van der Waals surface area contributed by atoms with Crippen LogP contribution in [0.25, 0.3) is 0 Å². The van der Waals surface area contributed by atoms with E-state index in [1.807, 2.05) is 0 Å². The minimum atomic E-state index is -0.549. The zero-order chi connectivity index (χ0) is 17.1. The number of rotatable bonds is 5. The predicted octanol–water partition coefficient (Wildman–Crippen LogP) is 2.58. The number of fused-ring (bicyclic) bond motifs is 1. The highest BCUT2D eigenvalue weighted by molar-refractivity contribution is 7.17. The van der Waals surface area contributed by atoms with E-state index in [4.69, 9.17) is 10.5 Å². The van der Waals surface area contributed by atoms with Crippen LogP contribution in [-0.4, -0.2) is 24.4 Å². The molecule has 6 nitrogen and oxygen atoms in total. The van der Waals surface area contributed by atoms with Crippen LogP contribution in [0.15, 0.2) is 16.8 Å². The lowest BCUT2D eigenvalue weighted by molar-refractivity contribution is -0.119. The van der Waals surface area contributed by atoms with Gasteiger partial charge in [-0.3, -0.25) is 9.59 Å². The molecule has 2 heterocycles. The van der Waals surface area contributed by atoms with Crippen LogP contribution >= 0.6 is 22.7 Å². The van der Waals surface area contributed by atoms with E-state index in [1.165, 1.54) is 22.7 Å². The van der Waals surface area contributed by atoms with E-state index in [9.17, 15) is 14.4 Å². The fraction of sp³-hybridized carbons (Fsp3) is 0.312. The topological polar surface area (TPSA) is 98.5 Å². The molecule has 0 bridgehead atoms. The Morgan fingerprint density at radius 1 is 1.25 bits per heavy atom. The lowest BCUT2D eigenvalue weighted by Crippen LogP contribution is -2.22. The zero-order valence-electron chi connectivity index (χ0n) is 12.8. The summed E-state index contributed by atoms with van der Waals surface area (Å²) in [6.07, 6.45) is 3.77.